The molecule has 0 aromatic heterocycles. The first kappa shape index (κ1) is 15.7. The highest BCUT2D eigenvalue weighted by molar-refractivity contribution is 7.99. The van der Waals surface area contributed by atoms with Crippen LogP contribution in [0, 0.1) is 5.92 Å². The van der Waals surface area contributed by atoms with Gasteiger partial charge >= 0.3 is 0 Å². The Morgan fingerprint density at radius 3 is 2.67 bits per heavy atom. The first-order valence-electron chi connectivity index (χ1n) is 8.79. The quantitative estimate of drug-likeness (QED) is 0.864. The van der Waals surface area contributed by atoms with Gasteiger partial charge in [0.1, 0.15) is 0 Å². The first-order valence-corrected chi connectivity index (χ1v) is 9.84. The Kier molecular flexibility index (Phi) is 4.56. The van der Waals surface area contributed by atoms with Crippen molar-refractivity contribution in [1.82, 2.24) is 10.2 Å². The Bertz CT molecular complexity index is 392. The Labute approximate surface area is 133 Å². The van der Waals surface area contributed by atoms with Gasteiger partial charge in [0.2, 0.25) is 5.91 Å². The fraction of sp³-hybridized carbons (Fsp3) is 0.941. The van der Waals surface area contributed by atoms with E-state index in [1.165, 1.54) is 37.9 Å². The van der Waals surface area contributed by atoms with Crippen molar-refractivity contribution in [2.75, 3.05) is 5.75 Å². The molecule has 1 spiro atoms. The van der Waals surface area contributed by atoms with Crippen molar-refractivity contribution in [2.24, 2.45) is 5.92 Å². The molecule has 1 heterocycles. The SMILES string of the molecule is CCSC1CCC(N2C(=O)C3(CCCC3)NC2C(C)C)C1. The number of hydrogen-bond acceptors (Lipinski definition) is 3. The summed E-state index contributed by atoms with van der Waals surface area (Å²) in [5.74, 6) is 2.11. The Morgan fingerprint density at radius 1 is 1.33 bits per heavy atom. The van der Waals surface area contributed by atoms with E-state index in [1.807, 2.05) is 0 Å². The van der Waals surface area contributed by atoms with Crippen molar-refractivity contribution in [3.8, 4) is 0 Å². The second-order valence-electron chi connectivity index (χ2n) is 7.38. The predicted molar refractivity (Wildman–Crippen MR) is 89.4 cm³/mol. The van der Waals surface area contributed by atoms with Crippen LogP contribution in [0.3, 0.4) is 0 Å². The third kappa shape index (κ3) is 2.74. The van der Waals surface area contributed by atoms with Crippen LogP contribution in [0.15, 0.2) is 0 Å². The highest BCUT2D eigenvalue weighted by Gasteiger charge is 2.55. The fourth-order valence-corrected chi connectivity index (χ4v) is 5.69. The third-order valence-electron chi connectivity index (χ3n) is 5.61. The van der Waals surface area contributed by atoms with Crippen LogP contribution in [-0.2, 0) is 4.79 Å². The molecule has 21 heavy (non-hydrogen) atoms. The standard InChI is InChI=1S/C17H30N2OS/c1-4-21-14-8-7-13(11-14)19-15(12(2)3)18-17(16(19)20)9-5-6-10-17/h12-15,18H,4-11H2,1-3H3. The molecule has 0 aromatic carbocycles. The van der Waals surface area contributed by atoms with Crippen LogP contribution in [0.1, 0.15) is 65.7 Å². The second-order valence-corrected chi connectivity index (χ2v) is 8.96. The smallest absolute Gasteiger partial charge is 0.244 e. The molecular formula is C17H30N2OS. The molecule has 4 heteroatoms. The van der Waals surface area contributed by atoms with E-state index in [-0.39, 0.29) is 11.7 Å². The predicted octanol–water partition coefficient (Wildman–Crippen LogP) is 3.39. The Hall–Kier alpha value is -0.220. The molecule has 1 amide bonds. The van der Waals surface area contributed by atoms with Crippen LogP contribution in [-0.4, -0.2) is 39.6 Å². The highest BCUT2D eigenvalue weighted by Crippen LogP contribution is 2.42. The molecule has 0 aromatic rings. The molecule has 3 atom stereocenters. The van der Waals surface area contributed by atoms with Crippen molar-refractivity contribution in [3.05, 3.63) is 0 Å². The minimum absolute atomic E-state index is 0.203. The number of carbonyl (C=O) groups is 1. The van der Waals surface area contributed by atoms with E-state index in [0.717, 1.165) is 18.1 Å². The van der Waals surface area contributed by atoms with Gasteiger partial charge in [0, 0.05) is 11.3 Å². The molecule has 0 bridgehead atoms. The van der Waals surface area contributed by atoms with Crippen LogP contribution >= 0.6 is 11.8 Å². The Morgan fingerprint density at radius 2 is 2.05 bits per heavy atom. The number of amides is 1. The van der Waals surface area contributed by atoms with Crippen LogP contribution < -0.4 is 5.32 Å². The molecule has 3 aliphatic rings. The first-order chi connectivity index (χ1) is 10.1. The average molecular weight is 311 g/mol. The lowest BCUT2D eigenvalue weighted by molar-refractivity contribution is -0.135. The van der Waals surface area contributed by atoms with Gasteiger partial charge < -0.3 is 4.90 Å². The second kappa shape index (κ2) is 6.11. The maximum atomic E-state index is 13.2. The van der Waals surface area contributed by atoms with Crippen LogP contribution in [0.5, 0.6) is 0 Å². The zero-order valence-corrected chi connectivity index (χ0v) is 14.5. The van der Waals surface area contributed by atoms with Crippen molar-refractivity contribution >= 4 is 17.7 Å². The average Bonchev–Trinajstić information content (AvgIpc) is 3.13. The van der Waals surface area contributed by atoms with E-state index >= 15 is 0 Å². The van der Waals surface area contributed by atoms with Gasteiger partial charge in [-0.1, -0.05) is 33.6 Å². The summed E-state index contributed by atoms with van der Waals surface area (Å²) < 4.78 is 0. The lowest BCUT2D eigenvalue weighted by Crippen LogP contribution is -2.46. The fourth-order valence-electron chi connectivity index (χ4n) is 4.56. The topological polar surface area (TPSA) is 32.3 Å². The number of carbonyl (C=O) groups excluding carboxylic acids is 1. The number of hydrogen-bond donors (Lipinski definition) is 1. The summed E-state index contributed by atoms with van der Waals surface area (Å²) >= 11 is 2.08. The van der Waals surface area contributed by atoms with E-state index in [2.05, 4.69) is 42.7 Å². The number of rotatable bonds is 4. The van der Waals surface area contributed by atoms with Gasteiger partial charge in [-0.15, -0.1) is 0 Å². The molecule has 2 saturated carbocycles. The van der Waals surface area contributed by atoms with Crippen molar-refractivity contribution in [3.63, 3.8) is 0 Å². The number of thioether (sulfide) groups is 1. The third-order valence-corrected chi connectivity index (χ3v) is 6.84. The molecule has 1 saturated heterocycles. The van der Waals surface area contributed by atoms with Gasteiger partial charge in [-0.3, -0.25) is 10.1 Å². The maximum Gasteiger partial charge on any atom is 0.244 e. The largest absolute Gasteiger partial charge is 0.322 e. The van der Waals surface area contributed by atoms with Crippen molar-refractivity contribution in [2.45, 2.75) is 88.7 Å². The summed E-state index contributed by atoms with van der Waals surface area (Å²) in [6.07, 6.45) is 8.44. The van der Waals surface area contributed by atoms with Crippen LogP contribution in [0.25, 0.3) is 0 Å². The summed E-state index contributed by atoms with van der Waals surface area (Å²) in [4.78, 5) is 15.4. The van der Waals surface area contributed by atoms with E-state index < -0.39 is 0 Å². The zero-order valence-electron chi connectivity index (χ0n) is 13.7. The van der Waals surface area contributed by atoms with E-state index in [9.17, 15) is 4.79 Å². The number of nitrogens with zero attached hydrogens (tertiary/aromatic N) is 1. The molecule has 120 valence electrons. The normalized spacial score (nSPS) is 35.5. The molecule has 1 aliphatic heterocycles. The molecule has 3 nitrogen and oxygen atoms in total. The molecule has 3 fully saturated rings. The minimum Gasteiger partial charge on any atom is -0.322 e. The van der Waals surface area contributed by atoms with Gasteiger partial charge in [0.25, 0.3) is 0 Å². The molecule has 2 aliphatic carbocycles. The molecule has 1 N–H and O–H groups in total. The summed E-state index contributed by atoms with van der Waals surface area (Å²) in [5, 5.41) is 4.52. The monoisotopic (exact) mass is 310 g/mol. The molecular weight excluding hydrogens is 280 g/mol. The van der Waals surface area contributed by atoms with Crippen LogP contribution in [0.4, 0.5) is 0 Å². The molecule has 0 radical (unpaired) electrons. The minimum atomic E-state index is -0.203. The Balaban J connectivity index is 1.77. The lowest BCUT2D eigenvalue weighted by Gasteiger charge is -2.32. The highest BCUT2D eigenvalue weighted by atomic mass is 32.2. The van der Waals surface area contributed by atoms with E-state index in [4.69, 9.17) is 0 Å². The summed E-state index contributed by atoms with van der Waals surface area (Å²) in [5.41, 5.74) is -0.203. The molecule has 3 rings (SSSR count). The van der Waals surface area contributed by atoms with Gasteiger partial charge in [0.05, 0.1) is 11.7 Å². The van der Waals surface area contributed by atoms with Crippen molar-refractivity contribution in [1.29, 1.82) is 0 Å². The lowest BCUT2D eigenvalue weighted by atomic mass is 9.97. The zero-order chi connectivity index (χ0) is 15.0. The summed E-state index contributed by atoms with van der Waals surface area (Å²) in [6, 6.07) is 0.474. The molecule has 3 unspecified atom stereocenters. The van der Waals surface area contributed by atoms with Gasteiger partial charge in [0.15, 0.2) is 0 Å². The summed E-state index contributed by atoms with van der Waals surface area (Å²) in [7, 11) is 0. The van der Waals surface area contributed by atoms with Gasteiger partial charge in [-0.05, 0) is 43.8 Å². The van der Waals surface area contributed by atoms with Gasteiger partial charge in [-0.25, -0.2) is 0 Å². The van der Waals surface area contributed by atoms with E-state index in [1.54, 1.807) is 0 Å². The van der Waals surface area contributed by atoms with Gasteiger partial charge in [-0.2, -0.15) is 11.8 Å². The van der Waals surface area contributed by atoms with Crippen molar-refractivity contribution < 1.29 is 4.79 Å². The maximum absolute atomic E-state index is 13.2. The number of nitrogens with one attached hydrogen (secondary N) is 1. The summed E-state index contributed by atoms with van der Waals surface area (Å²) in [6.45, 7) is 6.74. The van der Waals surface area contributed by atoms with Crippen LogP contribution in [0.2, 0.25) is 0 Å². The van der Waals surface area contributed by atoms with E-state index in [0.29, 0.717) is 17.9 Å².